The van der Waals surface area contributed by atoms with Crippen LogP contribution in [-0.2, 0) is 13.0 Å². The van der Waals surface area contributed by atoms with Crippen molar-refractivity contribution in [2.45, 2.75) is 51.6 Å². The van der Waals surface area contributed by atoms with Gasteiger partial charge in [0.2, 0.25) is 0 Å². The van der Waals surface area contributed by atoms with Crippen LogP contribution in [0.15, 0.2) is 28.9 Å². The molecule has 3 aromatic heterocycles. The number of amides is 2. The van der Waals surface area contributed by atoms with E-state index in [9.17, 15) is 9.59 Å². The molecule has 3 heterocycles. The fourth-order valence-electron chi connectivity index (χ4n) is 3.34. The van der Waals surface area contributed by atoms with Crippen LogP contribution in [0.25, 0.3) is 11.6 Å². The number of likely N-dealkylation sites (N-methyl/N-ethyl adjacent to an activating group) is 1. The second kappa shape index (κ2) is 8.29. The van der Waals surface area contributed by atoms with Crippen LogP contribution in [0.5, 0.6) is 0 Å². The van der Waals surface area contributed by atoms with Crippen molar-refractivity contribution < 1.29 is 14.1 Å². The number of carbonyl (C=O) groups is 2. The molecule has 10 nitrogen and oxygen atoms in total. The fourth-order valence-corrected chi connectivity index (χ4v) is 3.34. The van der Waals surface area contributed by atoms with Gasteiger partial charge in [0.1, 0.15) is 11.4 Å². The first-order valence-electron chi connectivity index (χ1n) is 10.3. The molecule has 1 aliphatic carbocycles. The molecular formula is C21H25N7O3. The van der Waals surface area contributed by atoms with Gasteiger partial charge in [0.05, 0.1) is 11.3 Å². The third kappa shape index (κ3) is 4.32. The molecule has 31 heavy (non-hydrogen) atoms. The molecule has 0 bridgehead atoms. The van der Waals surface area contributed by atoms with E-state index in [1.54, 1.807) is 24.1 Å². The first kappa shape index (κ1) is 20.7. The van der Waals surface area contributed by atoms with Gasteiger partial charge in [0.15, 0.2) is 5.82 Å². The number of aryl methyl sites for hydroxylation is 1. The van der Waals surface area contributed by atoms with Crippen LogP contribution in [0.2, 0.25) is 0 Å². The summed E-state index contributed by atoms with van der Waals surface area (Å²) in [6.07, 6.45) is 4.40. The molecule has 162 valence electrons. The molecule has 0 radical (unpaired) electrons. The van der Waals surface area contributed by atoms with E-state index in [0.717, 1.165) is 25.1 Å². The molecule has 1 unspecified atom stereocenters. The summed E-state index contributed by atoms with van der Waals surface area (Å²) in [5.74, 6) is 0.333. The Morgan fingerprint density at radius 2 is 2.10 bits per heavy atom. The molecule has 0 aromatic carbocycles. The summed E-state index contributed by atoms with van der Waals surface area (Å²) >= 11 is 0. The van der Waals surface area contributed by atoms with Gasteiger partial charge in [-0.1, -0.05) is 11.2 Å². The fraction of sp³-hybridized carbons (Fsp3) is 0.429. The highest BCUT2D eigenvalue weighted by atomic mass is 16.5. The zero-order chi connectivity index (χ0) is 22.1. The number of hydrogen-bond donors (Lipinski definition) is 1. The second-order valence-corrected chi connectivity index (χ2v) is 7.82. The van der Waals surface area contributed by atoms with Gasteiger partial charge in [-0.25, -0.2) is 4.98 Å². The summed E-state index contributed by atoms with van der Waals surface area (Å²) in [7, 11) is 1.77. The molecule has 10 heteroatoms. The van der Waals surface area contributed by atoms with Gasteiger partial charge in [-0.05, 0) is 38.8 Å². The van der Waals surface area contributed by atoms with Crippen molar-refractivity contribution in [1.29, 1.82) is 0 Å². The number of aromatic nitrogens is 5. The first-order chi connectivity index (χ1) is 14.9. The van der Waals surface area contributed by atoms with Crippen LogP contribution < -0.4 is 5.73 Å². The zero-order valence-corrected chi connectivity index (χ0v) is 17.8. The quantitative estimate of drug-likeness (QED) is 0.586. The predicted octanol–water partition coefficient (Wildman–Crippen LogP) is 2.03. The number of pyridine rings is 1. The molecular weight excluding hydrogens is 398 g/mol. The van der Waals surface area contributed by atoms with Gasteiger partial charge in [-0.3, -0.25) is 14.3 Å². The third-order valence-electron chi connectivity index (χ3n) is 5.46. The van der Waals surface area contributed by atoms with Gasteiger partial charge in [0.25, 0.3) is 17.7 Å². The number of primary amides is 1. The average molecular weight is 423 g/mol. The molecule has 2 N–H and O–H groups in total. The van der Waals surface area contributed by atoms with Crippen molar-refractivity contribution in [3.05, 3.63) is 47.2 Å². The highest BCUT2D eigenvalue weighted by Crippen LogP contribution is 2.41. The molecule has 1 atom stereocenters. The van der Waals surface area contributed by atoms with E-state index in [1.165, 1.54) is 6.07 Å². The van der Waals surface area contributed by atoms with Crippen LogP contribution in [-0.4, -0.2) is 54.7 Å². The average Bonchev–Trinajstić information content (AvgIpc) is 3.35. The van der Waals surface area contributed by atoms with Crippen LogP contribution in [0.1, 0.15) is 65.0 Å². The molecule has 0 saturated heterocycles. The van der Waals surface area contributed by atoms with Crippen LogP contribution in [0.4, 0.5) is 0 Å². The molecule has 3 aromatic rings. The Balaban J connectivity index is 1.47. The number of rotatable bonds is 8. The largest absolute Gasteiger partial charge is 0.364 e. The minimum absolute atomic E-state index is 0.0614. The number of hydrogen-bond acceptors (Lipinski definition) is 7. The summed E-state index contributed by atoms with van der Waals surface area (Å²) in [6.45, 7) is 4.66. The SMILES string of the molecule is CCn1cc(C(=O)N(C)C(C)Cc2noc(-c3cccc(C(N)=O)n3)n2)c(C2CC2)n1. The Hall–Kier alpha value is -3.56. The molecule has 0 spiro atoms. The van der Waals surface area contributed by atoms with Gasteiger partial charge in [0, 0.05) is 38.2 Å². The summed E-state index contributed by atoms with van der Waals surface area (Å²) in [5, 5.41) is 8.58. The minimum Gasteiger partial charge on any atom is -0.364 e. The summed E-state index contributed by atoms with van der Waals surface area (Å²) in [4.78, 5) is 34.7. The lowest BCUT2D eigenvalue weighted by Crippen LogP contribution is -2.37. The molecule has 0 aliphatic heterocycles. The van der Waals surface area contributed by atoms with Crippen molar-refractivity contribution in [3.63, 3.8) is 0 Å². The lowest BCUT2D eigenvalue weighted by atomic mass is 10.1. The molecule has 1 aliphatic rings. The number of nitrogens with zero attached hydrogens (tertiary/aromatic N) is 6. The molecule has 4 rings (SSSR count). The lowest BCUT2D eigenvalue weighted by molar-refractivity contribution is 0.0740. The van der Waals surface area contributed by atoms with Gasteiger partial charge in [-0.15, -0.1) is 0 Å². The van der Waals surface area contributed by atoms with Gasteiger partial charge < -0.3 is 15.2 Å². The van der Waals surface area contributed by atoms with Crippen LogP contribution >= 0.6 is 0 Å². The van der Waals surface area contributed by atoms with E-state index in [2.05, 4.69) is 20.2 Å². The normalized spacial score (nSPS) is 14.4. The van der Waals surface area contributed by atoms with Crippen molar-refractivity contribution in [3.8, 4) is 11.6 Å². The third-order valence-corrected chi connectivity index (χ3v) is 5.46. The van der Waals surface area contributed by atoms with Crippen molar-refractivity contribution in [1.82, 2.24) is 29.8 Å². The predicted molar refractivity (Wildman–Crippen MR) is 111 cm³/mol. The minimum atomic E-state index is -0.632. The second-order valence-electron chi connectivity index (χ2n) is 7.82. The summed E-state index contributed by atoms with van der Waals surface area (Å²) in [5.41, 5.74) is 7.33. The maximum Gasteiger partial charge on any atom is 0.276 e. The van der Waals surface area contributed by atoms with E-state index >= 15 is 0 Å². The van der Waals surface area contributed by atoms with Crippen LogP contribution in [0.3, 0.4) is 0 Å². The Morgan fingerprint density at radius 1 is 1.32 bits per heavy atom. The number of carbonyl (C=O) groups excluding carboxylic acids is 2. The Labute approximate surface area is 179 Å². The monoisotopic (exact) mass is 423 g/mol. The molecule has 1 saturated carbocycles. The lowest BCUT2D eigenvalue weighted by Gasteiger charge is -2.23. The van der Waals surface area contributed by atoms with Crippen molar-refractivity contribution in [2.24, 2.45) is 5.73 Å². The van der Waals surface area contributed by atoms with Crippen molar-refractivity contribution in [2.75, 3.05) is 7.05 Å². The maximum absolute atomic E-state index is 13.1. The van der Waals surface area contributed by atoms with E-state index in [4.69, 9.17) is 10.3 Å². The molecule has 1 fully saturated rings. The molecule has 2 amide bonds. The Kier molecular flexibility index (Phi) is 5.53. The first-order valence-corrected chi connectivity index (χ1v) is 10.3. The van der Waals surface area contributed by atoms with E-state index < -0.39 is 5.91 Å². The van der Waals surface area contributed by atoms with Crippen molar-refractivity contribution >= 4 is 11.8 Å². The number of nitrogens with two attached hydrogens (primary N) is 1. The Morgan fingerprint density at radius 3 is 2.77 bits per heavy atom. The smallest absolute Gasteiger partial charge is 0.276 e. The summed E-state index contributed by atoms with van der Waals surface area (Å²) in [6, 6.07) is 4.66. The van der Waals surface area contributed by atoms with Gasteiger partial charge in [-0.2, -0.15) is 10.1 Å². The highest BCUT2D eigenvalue weighted by Gasteiger charge is 2.33. The zero-order valence-electron chi connectivity index (χ0n) is 17.8. The van der Waals surface area contributed by atoms with E-state index in [0.29, 0.717) is 29.4 Å². The summed E-state index contributed by atoms with van der Waals surface area (Å²) < 4.78 is 7.11. The van der Waals surface area contributed by atoms with Crippen LogP contribution in [0, 0.1) is 0 Å². The topological polar surface area (TPSA) is 133 Å². The van der Waals surface area contributed by atoms with E-state index in [-0.39, 0.29) is 23.5 Å². The highest BCUT2D eigenvalue weighted by molar-refractivity contribution is 5.95. The Bertz CT molecular complexity index is 1120. The van der Waals surface area contributed by atoms with E-state index in [1.807, 2.05) is 24.7 Å². The van der Waals surface area contributed by atoms with Gasteiger partial charge >= 0.3 is 0 Å². The maximum atomic E-state index is 13.1. The standard InChI is InChI=1S/C21H25N7O3/c1-4-28-11-14(18(25-28)13-8-9-13)21(30)27(3)12(2)10-17-24-20(31-26-17)16-7-5-6-15(23-16)19(22)29/h5-7,11-13H,4,8-10H2,1-3H3,(H2,22,29).